The lowest BCUT2D eigenvalue weighted by Crippen LogP contribution is -2.41. The molecule has 2 rings (SSSR count). The van der Waals surface area contributed by atoms with E-state index in [1.54, 1.807) is 0 Å². The second-order valence-electron chi connectivity index (χ2n) is 4.96. The number of hydrogen-bond donors (Lipinski definition) is 1. The van der Waals surface area contributed by atoms with Gasteiger partial charge in [0.15, 0.2) is 0 Å². The van der Waals surface area contributed by atoms with E-state index in [9.17, 15) is 4.79 Å². The maximum atomic E-state index is 11.1. The average Bonchev–Trinajstić information content (AvgIpc) is 2.64. The molecule has 2 aliphatic rings. The lowest BCUT2D eigenvalue weighted by Gasteiger charge is -2.31. The molecule has 2 atom stereocenters. The predicted octanol–water partition coefficient (Wildman–Crippen LogP) is 0.962. The maximum absolute atomic E-state index is 11.1. The second kappa shape index (κ2) is 4.10. The SMILES string of the molecule is CC1(C(=O)O)CCN(C2CCCOC2)C1. The standard InChI is InChI=1S/C11H19NO3/c1-11(10(13)14)4-5-12(8-11)9-3-2-6-15-7-9/h9H,2-8H2,1H3,(H,13,14). The Morgan fingerprint density at radius 3 is 2.93 bits per heavy atom. The first kappa shape index (κ1) is 10.9. The van der Waals surface area contributed by atoms with Gasteiger partial charge in [-0.1, -0.05) is 0 Å². The summed E-state index contributed by atoms with van der Waals surface area (Å²) in [6.07, 6.45) is 3.01. The zero-order valence-corrected chi connectivity index (χ0v) is 9.24. The third-order valence-corrected chi connectivity index (χ3v) is 3.67. The fraction of sp³-hybridized carbons (Fsp3) is 0.909. The molecular formula is C11H19NO3. The first-order valence-electron chi connectivity index (χ1n) is 5.67. The van der Waals surface area contributed by atoms with Crippen molar-refractivity contribution in [2.45, 2.75) is 32.2 Å². The van der Waals surface area contributed by atoms with E-state index in [1.165, 1.54) is 0 Å². The smallest absolute Gasteiger partial charge is 0.310 e. The molecule has 0 amide bonds. The molecule has 0 aromatic rings. The molecule has 0 saturated carbocycles. The van der Waals surface area contributed by atoms with Crippen LogP contribution in [0.25, 0.3) is 0 Å². The monoisotopic (exact) mass is 213 g/mol. The van der Waals surface area contributed by atoms with Crippen LogP contribution in [0.5, 0.6) is 0 Å². The molecule has 0 spiro atoms. The van der Waals surface area contributed by atoms with Crippen LogP contribution in [-0.2, 0) is 9.53 Å². The number of likely N-dealkylation sites (tertiary alicyclic amines) is 1. The van der Waals surface area contributed by atoms with Crippen LogP contribution in [0.4, 0.5) is 0 Å². The normalized spacial score (nSPS) is 38.1. The van der Waals surface area contributed by atoms with Crippen LogP contribution < -0.4 is 0 Å². The van der Waals surface area contributed by atoms with Gasteiger partial charge in [0, 0.05) is 19.2 Å². The molecule has 1 N–H and O–H groups in total. The number of carboxylic acids is 1. The van der Waals surface area contributed by atoms with Crippen molar-refractivity contribution in [2.24, 2.45) is 5.41 Å². The summed E-state index contributed by atoms with van der Waals surface area (Å²) in [5, 5.41) is 9.13. The summed E-state index contributed by atoms with van der Waals surface area (Å²) in [4.78, 5) is 13.4. The van der Waals surface area contributed by atoms with E-state index in [0.717, 1.165) is 39.0 Å². The van der Waals surface area contributed by atoms with Gasteiger partial charge in [-0.25, -0.2) is 0 Å². The summed E-state index contributed by atoms with van der Waals surface area (Å²) in [7, 11) is 0. The third kappa shape index (κ3) is 2.16. The molecule has 15 heavy (non-hydrogen) atoms. The fourth-order valence-corrected chi connectivity index (χ4v) is 2.49. The minimum atomic E-state index is -0.665. The van der Waals surface area contributed by atoms with Crippen molar-refractivity contribution >= 4 is 5.97 Å². The number of rotatable bonds is 2. The topological polar surface area (TPSA) is 49.8 Å². The van der Waals surface area contributed by atoms with Crippen molar-refractivity contribution in [1.82, 2.24) is 4.90 Å². The molecular weight excluding hydrogens is 194 g/mol. The summed E-state index contributed by atoms with van der Waals surface area (Å²) in [6, 6.07) is 0.444. The Morgan fingerprint density at radius 2 is 2.40 bits per heavy atom. The second-order valence-corrected chi connectivity index (χ2v) is 4.96. The molecule has 4 nitrogen and oxygen atoms in total. The third-order valence-electron chi connectivity index (χ3n) is 3.67. The Hall–Kier alpha value is -0.610. The molecule has 2 saturated heterocycles. The van der Waals surface area contributed by atoms with Gasteiger partial charge >= 0.3 is 5.97 Å². The van der Waals surface area contributed by atoms with Crippen molar-refractivity contribution in [1.29, 1.82) is 0 Å². The highest BCUT2D eigenvalue weighted by Crippen LogP contribution is 2.32. The van der Waals surface area contributed by atoms with E-state index >= 15 is 0 Å². The minimum Gasteiger partial charge on any atom is -0.481 e. The highest BCUT2D eigenvalue weighted by atomic mass is 16.5. The molecule has 0 bridgehead atoms. The minimum absolute atomic E-state index is 0.444. The van der Waals surface area contributed by atoms with Crippen LogP contribution in [0.1, 0.15) is 26.2 Å². The quantitative estimate of drug-likeness (QED) is 0.742. The van der Waals surface area contributed by atoms with Gasteiger partial charge in [0.2, 0.25) is 0 Å². The number of nitrogens with zero attached hydrogens (tertiary/aromatic N) is 1. The fourth-order valence-electron chi connectivity index (χ4n) is 2.49. The number of carboxylic acid groups (broad SMARTS) is 1. The molecule has 4 heteroatoms. The van der Waals surface area contributed by atoms with Crippen LogP contribution in [0.2, 0.25) is 0 Å². The van der Waals surface area contributed by atoms with Crippen LogP contribution in [0, 0.1) is 5.41 Å². The van der Waals surface area contributed by atoms with Crippen molar-refractivity contribution in [3.05, 3.63) is 0 Å². The number of hydrogen-bond acceptors (Lipinski definition) is 3. The Labute approximate surface area is 90.2 Å². The Bertz CT molecular complexity index is 250. The van der Waals surface area contributed by atoms with Gasteiger partial charge in [-0.3, -0.25) is 9.69 Å². The van der Waals surface area contributed by atoms with E-state index in [-0.39, 0.29) is 0 Å². The van der Waals surface area contributed by atoms with Gasteiger partial charge in [-0.2, -0.15) is 0 Å². The molecule has 2 fully saturated rings. The number of aliphatic carboxylic acids is 1. The molecule has 0 radical (unpaired) electrons. The van der Waals surface area contributed by atoms with Crippen molar-refractivity contribution in [2.75, 3.05) is 26.3 Å². The van der Waals surface area contributed by atoms with Crippen LogP contribution in [-0.4, -0.2) is 48.3 Å². The highest BCUT2D eigenvalue weighted by molar-refractivity contribution is 5.74. The van der Waals surface area contributed by atoms with Crippen LogP contribution in [0.3, 0.4) is 0 Å². The van der Waals surface area contributed by atoms with Crippen LogP contribution >= 0.6 is 0 Å². The van der Waals surface area contributed by atoms with E-state index in [1.807, 2.05) is 6.92 Å². The Kier molecular flexibility index (Phi) is 2.98. The van der Waals surface area contributed by atoms with Gasteiger partial charge < -0.3 is 9.84 Å². The predicted molar refractivity (Wildman–Crippen MR) is 55.8 cm³/mol. The lowest BCUT2D eigenvalue weighted by molar-refractivity contribution is -0.147. The Balaban J connectivity index is 1.94. The van der Waals surface area contributed by atoms with Gasteiger partial charge in [0.05, 0.1) is 12.0 Å². The van der Waals surface area contributed by atoms with Gasteiger partial charge in [-0.15, -0.1) is 0 Å². The summed E-state index contributed by atoms with van der Waals surface area (Å²) < 4.78 is 5.43. The zero-order valence-electron chi connectivity index (χ0n) is 9.24. The Morgan fingerprint density at radius 1 is 1.60 bits per heavy atom. The van der Waals surface area contributed by atoms with Crippen molar-refractivity contribution in [3.8, 4) is 0 Å². The molecule has 0 aliphatic carbocycles. The van der Waals surface area contributed by atoms with Gasteiger partial charge in [-0.05, 0) is 32.7 Å². The molecule has 0 aromatic heterocycles. The van der Waals surface area contributed by atoms with E-state index in [0.29, 0.717) is 12.6 Å². The zero-order chi connectivity index (χ0) is 10.9. The van der Waals surface area contributed by atoms with Crippen molar-refractivity contribution < 1.29 is 14.6 Å². The number of ether oxygens (including phenoxy) is 1. The van der Waals surface area contributed by atoms with Crippen LogP contribution in [0.15, 0.2) is 0 Å². The summed E-state index contributed by atoms with van der Waals surface area (Å²) in [5.41, 5.74) is -0.544. The summed E-state index contributed by atoms with van der Waals surface area (Å²) in [5.74, 6) is -0.665. The molecule has 2 unspecified atom stereocenters. The first-order valence-corrected chi connectivity index (χ1v) is 5.67. The molecule has 0 aromatic carbocycles. The summed E-state index contributed by atoms with van der Waals surface area (Å²) >= 11 is 0. The van der Waals surface area contributed by atoms with E-state index in [4.69, 9.17) is 9.84 Å². The van der Waals surface area contributed by atoms with Gasteiger partial charge in [0.25, 0.3) is 0 Å². The average molecular weight is 213 g/mol. The van der Waals surface area contributed by atoms with Crippen molar-refractivity contribution in [3.63, 3.8) is 0 Å². The lowest BCUT2D eigenvalue weighted by atomic mass is 9.90. The molecule has 2 aliphatic heterocycles. The van der Waals surface area contributed by atoms with Gasteiger partial charge in [0.1, 0.15) is 0 Å². The highest BCUT2D eigenvalue weighted by Gasteiger charge is 2.42. The number of carbonyl (C=O) groups is 1. The maximum Gasteiger partial charge on any atom is 0.310 e. The largest absolute Gasteiger partial charge is 0.481 e. The van der Waals surface area contributed by atoms with E-state index < -0.39 is 11.4 Å². The van der Waals surface area contributed by atoms with E-state index in [2.05, 4.69) is 4.90 Å². The summed E-state index contributed by atoms with van der Waals surface area (Å²) in [6.45, 7) is 5.06. The molecule has 86 valence electrons. The first-order chi connectivity index (χ1) is 7.12. The molecule has 2 heterocycles.